The van der Waals surface area contributed by atoms with Gasteiger partial charge in [-0.2, -0.15) is 0 Å². The molecule has 0 spiro atoms. The fraction of sp³-hybridized carbons (Fsp3) is 0.478. The molecule has 2 aliphatic rings. The highest BCUT2D eigenvalue weighted by molar-refractivity contribution is 7.99. The Morgan fingerprint density at radius 1 is 1.09 bits per heavy atom. The molecular formula is C23H29N5O4S. The first-order valence-electron chi connectivity index (χ1n) is 11.1. The van der Waals surface area contributed by atoms with Crippen LogP contribution >= 0.6 is 11.8 Å². The van der Waals surface area contributed by atoms with Crippen molar-refractivity contribution in [1.29, 1.82) is 0 Å². The molecule has 2 aromatic rings. The van der Waals surface area contributed by atoms with Crippen LogP contribution in [0.25, 0.3) is 0 Å². The van der Waals surface area contributed by atoms with Crippen LogP contribution < -0.4 is 25.0 Å². The molecule has 1 saturated carbocycles. The third-order valence-electron chi connectivity index (χ3n) is 5.65. The van der Waals surface area contributed by atoms with E-state index in [4.69, 9.17) is 9.47 Å². The van der Waals surface area contributed by atoms with Gasteiger partial charge in [0.05, 0.1) is 25.9 Å². The SMILES string of the molecule is COc1cc(NC(=O)CSc2ccc(N3CCC[C@@H](C(=O)NC4CC4)C3)nn2)cc(OC)c1. The fourth-order valence-electron chi connectivity index (χ4n) is 3.72. The van der Waals surface area contributed by atoms with Crippen LogP contribution in [0.15, 0.2) is 35.4 Å². The van der Waals surface area contributed by atoms with E-state index >= 15 is 0 Å². The summed E-state index contributed by atoms with van der Waals surface area (Å²) in [6.45, 7) is 1.52. The second-order valence-electron chi connectivity index (χ2n) is 8.24. The molecule has 1 aromatic carbocycles. The van der Waals surface area contributed by atoms with Gasteiger partial charge in [0.2, 0.25) is 11.8 Å². The number of carbonyl (C=O) groups is 2. The second-order valence-corrected chi connectivity index (χ2v) is 9.23. The van der Waals surface area contributed by atoms with Crippen LogP contribution in [0.2, 0.25) is 0 Å². The van der Waals surface area contributed by atoms with E-state index in [1.165, 1.54) is 11.8 Å². The zero-order chi connectivity index (χ0) is 23.2. The van der Waals surface area contributed by atoms with Gasteiger partial charge in [-0.3, -0.25) is 9.59 Å². The molecule has 176 valence electrons. The van der Waals surface area contributed by atoms with Crippen LogP contribution in [-0.4, -0.2) is 61.1 Å². The van der Waals surface area contributed by atoms with Gasteiger partial charge in [0.25, 0.3) is 0 Å². The highest BCUT2D eigenvalue weighted by Gasteiger charge is 2.31. The number of nitrogens with one attached hydrogen (secondary N) is 2. The summed E-state index contributed by atoms with van der Waals surface area (Å²) in [4.78, 5) is 26.9. The number of methoxy groups -OCH3 is 2. The Morgan fingerprint density at radius 3 is 2.48 bits per heavy atom. The lowest BCUT2D eigenvalue weighted by Gasteiger charge is -2.32. The van der Waals surface area contributed by atoms with E-state index in [-0.39, 0.29) is 23.5 Å². The number of anilines is 2. The molecule has 9 nitrogen and oxygen atoms in total. The first-order chi connectivity index (χ1) is 16.0. The number of hydrogen-bond donors (Lipinski definition) is 2. The van der Waals surface area contributed by atoms with Crippen LogP contribution in [0.3, 0.4) is 0 Å². The zero-order valence-electron chi connectivity index (χ0n) is 18.9. The maximum absolute atomic E-state index is 12.4. The van der Waals surface area contributed by atoms with E-state index in [0.717, 1.165) is 38.0 Å². The maximum atomic E-state index is 12.4. The molecule has 10 heteroatoms. The number of nitrogens with zero attached hydrogens (tertiary/aromatic N) is 3. The van der Waals surface area contributed by atoms with Crippen molar-refractivity contribution in [1.82, 2.24) is 15.5 Å². The number of hydrogen-bond acceptors (Lipinski definition) is 8. The molecule has 1 aromatic heterocycles. The third kappa shape index (κ3) is 6.50. The van der Waals surface area contributed by atoms with Crippen molar-refractivity contribution in [2.75, 3.05) is 43.3 Å². The van der Waals surface area contributed by atoms with E-state index < -0.39 is 0 Å². The first-order valence-corrected chi connectivity index (χ1v) is 12.1. The molecule has 1 aliphatic carbocycles. The van der Waals surface area contributed by atoms with Crippen LogP contribution in [0, 0.1) is 5.92 Å². The lowest BCUT2D eigenvalue weighted by Crippen LogP contribution is -2.44. The molecule has 0 bridgehead atoms. The smallest absolute Gasteiger partial charge is 0.234 e. The molecule has 2 fully saturated rings. The largest absolute Gasteiger partial charge is 0.497 e. The van der Waals surface area contributed by atoms with Gasteiger partial charge in [0.1, 0.15) is 16.5 Å². The predicted molar refractivity (Wildman–Crippen MR) is 127 cm³/mol. The second kappa shape index (κ2) is 10.7. The highest BCUT2D eigenvalue weighted by Crippen LogP contribution is 2.27. The summed E-state index contributed by atoms with van der Waals surface area (Å²) in [6.07, 6.45) is 4.05. The number of benzene rings is 1. The molecule has 1 atom stereocenters. The van der Waals surface area contributed by atoms with E-state index in [1.807, 2.05) is 12.1 Å². The Kier molecular flexibility index (Phi) is 7.54. The maximum Gasteiger partial charge on any atom is 0.234 e. The average Bonchev–Trinajstić information content (AvgIpc) is 3.67. The van der Waals surface area contributed by atoms with E-state index in [0.29, 0.717) is 34.8 Å². The van der Waals surface area contributed by atoms with Crippen molar-refractivity contribution in [3.8, 4) is 11.5 Å². The lowest BCUT2D eigenvalue weighted by atomic mass is 9.97. The molecule has 0 unspecified atom stereocenters. The van der Waals surface area contributed by atoms with Crippen molar-refractivity contribution in [3.05, 3.63) is 30.3 Å². The van der Waals surface area contributed by atoms with Crippen molar-refractivity contribution in [2.24, 2.45) is 5.92 Å². The highest BCUT2D eigenvalue weighted by atomic mass is 32.2. The van der Waals surface area contributed by atoms with Gasteiger partial charge in [0.15, 0.2) is 5.82 Å². The van der Waals surface area contributed by atoms with Gasteiger partial charge in [0, 0.05) is 43.0 Å². The Balaban J connectivity index is 1.28. The average molecular weight is 472 g/mol. The standard InChI is InChI=1S/C23H29N5O4S/c1-31-18-10-17(11-19(12-18)32-2)24-21(29)14-33-22-8-7-20(26-27-22)28-9-3-4-15(13-28)23(30)25-16-5-6-16/h7-8,10-12,15-16H,3-6,9,13-14H2,1-2H3,(H,24,29)(H,25,30)/t15-/m1/s1. The first kappa shape index (κ1) is 23.2. The number of rotatable bonds is 9. The normalized spacial score (nSPS) is 17.9. The van der Waals surface area contributed by atoms with Crippen LogP contribution in [0.4, 0.5) is 11.5 Å². The van der Waals surface area contributed by atoms with E-state index in [1.54, 1.807) is 32.4 Å². The summed E-state index contributed by atoms with van der Waals surface area (Å²) in [6, 6.07) is 9.36. The van der Waals surface area contributed by atoms with Gasteiger partial charge in [-0.05, 0) is 37.8 Å². The minimum atomic E-state index is -0.165. The summed E-state index contributed by atoms with van der Waals surface area (Å²) < 4.78 is 10.5. The van der Waals surface area contributed by atoms with Gasteiger partial charge in [-0.1, -0.05) is 11.8 Å². The summed E-state index contributed by atoms with van der Waals surface area (Å²) in [5.41, 5.74) is 0.601. The Bertz CT molecular complexity index is 961. The zero-order valence-corrected chi connectivity index (χ0v) is 19.7. The number of carbonyl (C=O) groups excluding carboxylic acids is 2. The number of amides is 2. The van der Waals surface area contributed by atoms with Crippen molar-refractivity contribution in [3.63, 3.8) is 0 Å². The quantitative estimate of drug-likeness (QED) is 0.538. The summed E-state index contributed by atoms with van der Waals surface area (Å²) >= 11 is 1.31. The van der Waals surface area contributed by atoms with Crippen molar-refractivity contribution < 1.29 is 19.1 Å². The van der Waals surface area contributed by atoms with Crippen molar-refractivity contribution in [2.45, 2.75) is 36.8 Å². The molecule has 2 amide bonds. The number of ether oxygens (including phenoxy) is 2. The van der Waals surface area contributed by atoms with Gasteiger partial charge >= 0.3 is 0 Å². The lowest BCUT2D eigenvalue weighted by molar-refractivity contribution is -0.125. The minimum absolute atomic E-state index is 0.00543. The Labute approximate surface area is 197 Å². The summed E-state index contributed by atoms with van der Waals surface area (Å²) in [7, 11) is 3.12. The van der Waals surface area contributed by atoms with E-state index in [2.05, 4.69) is 25.7 Å². The molecule has 2 N–H and O–H groups in total. The van der Waals surface area contributed by atoms with Gasteiger partial charge in [-0.25, -0.2) is 0 Å². The molecule has 2 heterocycles. The summed E-state index contributed by atoms with van der Waals surface area (Å²) in [5.74, 6) is 2.14. The minimum Gasteiger partial charge on any atom is -0.497 e. The van der Waals surface area contributed by atoms with Crippen molar-refractivity contribution >= 4 is 35.1 Å². The molecular weight excluding hydrogens is 442 g/mol. The van der Waals surface area contributed by atoms with Crippen LogP contribution in [-0.2, 0) is 9.59 Å². The molecule has 33 heavy (non-hydrogen) atoms. The number of piperidine rings is 1. The van der Waals surface area contributed by atoms with Crippen LogP contribution in [0.1, 0.15) is 25.7 Å². The van der Waals surface area contributed by atoms with E-state index in [9.17, 15) is 9.59 Å². The molecule has 0 radical (unpaired) electrons. The Morgan fingerprint density at radius 2 is 1.85 bits per heavy atom. The predicted octanol–water partition coefficient (Wildman–Crippen LogP) is 2.72. The Hall–Kier alpha value is -3.01. The topological polar surface area (TPSA) is 106 Å². The fourth-order valence-corrected chi connectivity index (χ4v) is 4.33. The van der Waals surface area contributed by atoms with Gasteiger partial charge < -0.3 is 25.0 Å². The molecule has 1 aliphatic heterocycles. The third-order valence-corrected chi connectivity index (χ3v) is 6.57. The molecule has 1 saturated heterocycles. The number of aromatic nitrogens is 2. The van der Waals surface area contributed by atoms with Gasteiger partial charge in [-0.15, -0.1) is 10.2 Å². The van der Waals surface area contributed by atoms with Crippen LogP contribution in [0.5, 0.6) is 11.5 Å². The monoisotopic (exact) mass is 471 g/mol. The molecule has 4 rings (SSSR count). The number of thioether (sulfide) groups is 1. The summed E-state index contributed by atoms with van der Waals surface area (Å²) in [5, 5.41) is 15.2.